The van der Waals surface area contributed by atoms with Gasteiger partial charge < -0.3 is 14.8 Å². The lowest BCUT2D eigenvalue weighted by molar-refractivity contribution is 0.0398. The first-order chi connectivity index (χ1) is 9.79. The van der Waals surface area contributed by atoms with E-state index in [2.05, 4.69) is 15.2 Å². The number of nitrogens with zero attached hydrogens (tertiary/aromatic N) is 2. The minimum atomic E-state index is -0.336. The Morgan fingerprint density at radius 1 is 1.45 bits per heavy atom. The van der Waals surface area contributed by atoms with E-state index in [1.165, 1.54) is 6.20 Å². The van der Waals surface area contributed by atoms with Crippen molar-refractivity contribution in [2.75, 3.05) is 51.3 Å². The van der Waals surface area contributed by atoms with Crippen molar-refractivity contribution in [3.05, 3.63) is 24.0 Å². The summed E-state index contributed by atoms with van der Waals surface area (Å²) in [5, 5.41) is 3.28. The number of anilines is 1. The van der Waals surface area contributed by atoms with Crippen LogP contribution in [0.25, 0.3) is 0 Å². The van der Waals surface area contributed by atoms with Crippen LogP contribution in [0.2, 0.25) is 0 Å². The van der Waals surface area contributed by atoms with Gasteiger partial charge in [0.1, 0.15) is 0 Å². The molecule has 2 heterocycles. The van der Waals surface area contributed by atoms with E-state index >= 15 is 0 Å². The molecule has 0 amide bonds. The zero-order chi connectivity index (χ0) is 14.2. The molecule has 1 aliphatic heterocycles. The van der Waals surface area contributed by atoms with E-state index in [9.17, 15) is 4.79 Å². The molecule has 0 saturated carbocycles. The van der Waals surface area contributed by atoms with E-state index in [1.807, 2.05) is 0 Å². The van der Waals surface area contributed by atoms with Crippen molar-refractivity contribution in [1.82, 2.24) is 9.88 Å². The van der Waals surface area contributed by atoms with Crippen LogP contribution in [0.15, 0.2) is 18.5 Å². The molecule has 1 saturated heterocycles. The van der Waals surface area contributed by atoms with Crippen LogP contribution in [0, 0.1) is 0 Å². The van der Waals surface area contributed by atoms with Crippen molar-refractivity contribution in [1.29, 1.82) is 0 Å². The van der Waals surface area contributed by atoms with Crippen molar-refractivity contribution in [2.45, 2.75) is 6.92 Å². The maximum Gasteiger partial charge on any atom is 0.339 e. The molecule has 20 heavy (non-hydrogen) atoms. The summed E-state index contributed by atoms with van der Waals surface area (Å²) in [7, 11) is 0. The Bertz CT molecular complexity index is 433. The third-order valence-corrected chi connectivity index (χ3v) is 3.11. The van der Waals surface area contributed by atoms with Gasteiger partial charge >= 0.3 is 5.97 Å². The summed E-state index contributed by atoms with van der Waals surface area (Å²) in [6.07, 6.45) is 3.23. The largest absolute Gasteiger partial charge is 0.462 e. The van der Waals surface area contributed by atoms with Crippen LogP contribution >= 0.6 is 0 Å². The number of pyridine rings is 1. The molecule has 0 unspecified atom stereocenters. The van der Waals surface area contributed by atoms with E-state index in [-0.39, 0.29) is 5.97 Å². The molecule has 110 valence electrons. The van der Waals surface area contributed by atoms with E-state index < -0.39 is 0 Å². The Kier molecular flexibility index (Phi) is 5.76. The van der Waals surface area contributed by atoms with Crippen LogP contribution in [0.5, 0.6) is 0 Å². The predicted octanol–water partition coefficient (Wildman–Crippen LogP) is 1.00. The van der Waals surface area contributed by atoms with Crippen LogP contribution < -0.4 is 5.32 Å². The molecule has 0 atom stereocenters. The van der Waals surface area contributed by atoms with Gasteiger partial charge in [0.25, 0.3) is 0 Å². The summed E-state index contributed by atoms with van der Waals surface area (Å²) in [6, 6.07) is 1.77. The fourth-order valence-corrected chi connectivity index (χ4v) is 2.05. The highest BCUT2D eigenvalue weighted by Crippen LogP contribution is 2.09. The smallest absolute Gasteiger partial charge is 0.339 e. The Hall–Kier alpha value is -1.66. The highest BCUT2D eigenvalue weighted by molar-refractivity contribution is 5.90. The second-order valence-corrected chi connectivity index (χ2v) is 4.56. The zero-order valence-corrected chi connectivity index (χ0v) is 11.8. The van der Waals surface area contributed by atoms with Gasteiger partial charge in [0.15, 0.2) is 0 Å². The average Bonchev–Trinajstić information content (AvgIpc) is 2.49. The van der Waals surface area contributed by atoms with Gasteiger partial charge in [0, 0.05) is 38.6 Å². The number of hydrogen-bond donors (Lipinski definition) is 1. The van der Waals surface area contributed by atoms with Gasteiger partial charge in [-0.15, -0.1) is 0 Å². The number of esters is 1. The first-order valence-electron chi connectivity index (χ1n) is 6.95. The maximum atomic E-state index is 11.6. The Balaban J connectivity index is 1.80. The highest BCUT2D eigenvalue weighted by Gasteiger charge is 2.10. The lowest BCUT2D eigenvalue weighted by Crippen LogP contribution is -2.39. The fourth-order valence-electron chi connectivity index (χ4n) is 2.05. The summed E-state index contributed by atoms with van der Waals surface area (Å²) in [4.78, 5) is 18.0. The fraction of sp³-hybridized carbons (Fsp3) is 0.571. The number of morpholine rings is 1. The zero-order valence-electron chi connectivity index (χ0n) is 11.8. The van der Waals surface area contributed by atoms with E-state index in [0.29, 0.717) is 12.2 Å². The van der Waals surface area contributed by atoms with Crippen LogP contribution in [0.3, 0.4) is 0 Å². The van der Waals surface area contributed by atoms with Gasteiger partial charge in [-0.05, 0) is 13.0 Å². The Morgan fingerprint density at radius 2 is 2.25 bits per heavy atom. The molecular formula is C14H21N3O3. The van der Waals surface area contributed by atoms with Gasteiger partial charge in [-0.3, -0.25) is 9.88 Å². The van der Waals surface area contributed by atoms with Crippen molar-refractivity contribution in [3.8, 4) is 0 Å². The van der Waals surface area contributed by atoms with Gasteiger partial charge in [-0.1, -0.05) is 0 Å². The predicted molar refractivity (Wildman–Crippen MR) is 75.9 cm³/mol. The minimum absolute atomic E-state index is 0.336. The molecule has 2 rings (SSSR count). The van der Waals surface area contributed by atoms with Crippen LogP contribution in [-0.2, 0) is 9.47 Å². The summed E-state index contributed by atoms with van der Waals surface area (Å²) in [6.45, 7) is 7.48. The first-order valence-corrected chi connectivity index (χ1v) is 6.95. The molecule has 0 radical (unpaired) electrons. The van der Waals surface area contributed by atoms with Crippen LogP contribution in [0.4, 0.5) is 5.69 Å². The monoisotopic (exact) mass is 279 g/mol. The second-order valence-electron chi connectivity index (χ2n) is 4.56. The summed E-state index contributed by atoms with van der Waals surface area (Å²) >= 11 is 0. The van der Waals surface area contributed by atoms with Gasteiger partial charge in [-0.2, -0.15) is 0 Å². The molecule has 6 heteroatoms. The first kappa shape index (κ1) is 14.7. The van der Waals surface area contributed by atoms with Gasteiger partial charge in [0.2, 0.25) is 0 Å². The standard InChI is InChI=1S/C14H21N3O3/c1-2-20-14(18)12-9-13(11-15-10-12)16-3-4-17-5-7-19-8-6-17/h9-11,16H,2-8H2,1H3. The summed E-state index contributed by atoms with van der Waals surface area (Å²) < 4.78 is 10.3. The molecular weight excluding hydrogens is 258 g/mol. The number of aromatic nitrogens is 1. The number of carbonyl (C=O) groups excluding carboxylic acids is 1. The highest BCUT2D eigenvalue weighted by atomic mass is 16.5. The topological polar surface area (TPSA) is 63.7 Å². The number of rotatable bonds is 6. The number of hydrogen-bond acceptors (Lipinski definition) is 6. The average molecular weight is 279 g/mol. The third kappa shape index (κ3) is 4.47. The Labute approximate surface area is 119 Å². The van der Waals surface area contributed by atoms with Crippen molar-refractivity contribution >= 4 is 11.7 Å². The summed E-state index contributed by atoms with van der Waals surface area (Å²) in [5.74, 6) is -0.336. The molecule has 1 aromatic heterocycles. The molecule has 6 nitrogen and oxygen atoms in total. The number of carbonyl (C=O) groups is 1. The molecule has 1 aromatic rings. The molecule has 0 aromatic carbocycles. The van der Waals surface area contributed by atoms with Crippen LogP contribution in [0.1, 0.15) is 17.3 Å². The third-order valence-electron chi connectivity index (χ3n) is 3.11. The van der Waals surface area contributed by atoms with Crippen molar-refractivity contribution < 1.29 is 14.3 Å². The lowest BCUT2D eigenvalue weighted by atomic mass is 10.2. The number of nitrogens with one attached hydrogen (secondary N) is 1. The number of ether oxygens (including phenoxy) is 2. The molecule has 0 spiro atoms. The molecule has 0 bridgehead atoms. The van der Waals surface area contributed by atoms with Gasteiger partial charge in [-0.25, -0.2) is 4.79 Å². The van der Waals surface area contributed by atoms with Gasteiger partial charge in [0.05, 0.1) is 31.1 Å². The minimum Gasteiger partial charge on any atom is -0.462 e. The molecule has 0 aliphatic carbocycles. The van der Waals surface area contributed by atoms with E-state index in [4.69, 9.17) is 9.47 Å². The van der Waals surface area contributed by atoms with Crippen molar-refractivity contribution in [2.24, 2.45) is 0 Å². The second kappa shape index (κ2) is 7.81. The molecule has 1 aliphatic rings. The van der Waals surface area contributed by atoms with E-state index in [1.54, 1.807) is 19.2 Å². The summed E-state index contributed by atoms with van der Waals surface area (Å²) in [5.41, 5.74) is 1.31. The van der Waals surface area contributed by atoms with E-state index in [0.717, 1.165) is 45.1 Å². The lowest BCUT2D eigenvalue weighted by Gasteiger charge is -2.26. The maximum absolute atomic E-state index is 11.6. The SMILES string of the molecule is CCOC(=O)c1cncc(NCCN2CCOCC2)c1. The quantitative estimate of drug-likeness (QED) is 0.784. The van der Waals surface area contributed by atoms with Crippen molar-refractivity contribution in [3.63, 3.8) is 0 Å². The Morgan fingerprint density at radius 3 is 3.00 bits per heavy atom. The molecule has 1 N–H and O–H groups in total. The van der Waals surface area contributed by atoms with Crippen LogP contribution in [-0.4, -0.2) is 61.9 Å². The molecule has 1 fully saturated rings. The normalized spacial score (nSPS) is 15.8.